The first-order valence-electron chi connectivity index (χ1n) is 7.72. The van der Waals surface area contributed by atoms with Crippen molar-refractivity contribution in [2.24, 2.45) is 4.99 Å². The van der Waals surface area contributed by atoms with Crippen molar-refractivity contribution >= 4 is 40.6 Å². The van der Waals surface area contributed by atoms with E-state index in [1.165, 1.54) is 0 Å². The number of carbonyl (C=O) groups excluding carboxylic acids is 1. The van der Waals surface area contributed by atoms with Gasteiger partial charge in [-0.05, 0) is 18.5 Å². The van der Waals surface area contributed by atoms with Crippen LogP contribution in [0.5, 0.6) is 0 Å². The first-order chi connectivity index (χ1) is 12.2. The molecule has 0 saturated heterocycles. The van der Waals surface area contributed by atoms with E-state index in [2.05, 4.69) is 9.37 Å². The normalized spacial score (nSPS) is 10.3. The van der Waals surface area contributed by atoms with Crippen molar-refractivity contribution in [1.82, 2.24) is 4.37 Å². The first kappa shape index (κ1) is 17.3. The van der Waals surface area contributed by atoms with Crippen LogP contribution in [0, 0.1) is 0 Å². The fourth-order valence-corrected chi connectivity index (χ4v) is 3.19. The van der Waals surface area contributed by atoms with E-state index in [-0.39, 0.29) is 16.5 Å². The first-order valence-corrected chi connectivity index (χ1v) is 8.87. The molecular formula is C19H15ClN2O2S. The van der Waals surface area contributed by atoms with Gasteiger partial charge in [-0.3, -0.25) is 0 Å². The van der Waals surface area contributed by atoms with Crippen LogP contribution in [0.1, 0.15) is 27.7 Å². The summed E-state index contributed by atoms with van der Waals surface area (Å²) < 4.78 is 9.23. The van der Waals surface area contributed by atoms with E-state index in [0.29, 0.717) is 5.82 Å². The third-order valence-corrected chi connectivity index (χ3v) is 4.68. The van der Waals surface area contributed by atoms with Crippen molar-refractivity contribution in [3.63, 3.8) is 0 Å². The number of aromatic nitrogens is 1. The number of ether oxygens (including phenoxy) is 1. The third-order valence-electron chi connectivity index (χ3n) is 3.39. The van der Waals surface area contributed by atoms with E-state index in [1.807, 2.05) is 60.7 Å². The molecule has 0 radical (unpaired) electrons. The standard InChI is InChI=1S/C19H15ClN2O2S/c1-2-24-19(23)17-15(20)18(22-25-17)21-16(13-9-5-3-6-10-13)14-11-7-4-8-12-14/h3-12H,2H2,1H3. The van der Waals surface area contributed by atoms with Crippen LogP contribution in [0.15, 0.2) is 65.7 Å². The zero-order chi connectivity index (χ0) is 17.6. The Morgan fingerprint density at radius 2 is 1.64 bits per heavy atom. The number of hydrogen-bond donors (Lipinski definition) is 0. The van der Waals surface area contributed by atoms with Crippen molar-refractivity contribution in [2.45, 2.75) is 6.92 Å². The average molecular weight is 371 g/mol. The number of halogens is 1. The Balaban J connectivity index is 2.07. The second-order valence-corrected chi connectivity index (χ2v) is 6.21. The molecule has 1 aromatic heterocycles. The van der Waals surface area contributed by atoms with Gasteiger partial charge in [-0.2, -0.15) is 4.37 Å². The Morgan fingerprint density at radius 1 is 1.08 bits per heavy atom. The molecule has 1 heterocycles. The van der Waals surface area contributed by atoms with Crippen LogP contribution >= 0.6 is 23.1 Å². The Bertz CT molecular complexity index is 851. The number of esters is 1. The zero-order valence-electron chi connectivity index (χ0n) is 13.5. The summed E-state index contributed by atoms with van der Waals surface area (Å²) in [5.41, 5.74) is 2.62. The lowest BCUT2D eigenvalue weighted by atomic mass is 10.0. The molecule has 0 saturated carbocycles. The molecule has 0 N–H and O–H groups in total. The highest BCUT2D eigenvalue weighted by molar-refractivity contribution is 7.09. The summed E-state index contributed by atoms with van der Waals surface area (Å²) in [6.07, 6.45) is 0. The summed E-state index contributed by atoms with van der Waals surface area (Å²) in [5.74, 6) is -0.162. The Labute approximate surface area is 154 Å². The molecular weight excluding hydrogens is 356 g/mol. The lowest BCUT2D eigenvalue weighted by Crippen LogP contribution is -2.03. The molecule has 0 unspecified atom stereocenters. The zero-order valence-corrected chi connectivity index (χ0v) is 15.1. The highest BCUT2D eigenvalue weighted by Gasteiger charge is 2.20. The van der Waals surface area contributed by atoms with E-state index in [9.17, 15) is 4.79 Å². The van der Waals surface area contributed by atoms with E-state index < -0.39 is 5.97 Å². The van der Waals surface area contributed by atoms with Crippen LogP contribution in [0.25, 0.3) is 0 Å². The quantitative estimate of drug-likeness (QED) is 0.461. The van der Waals surface area contributed by atoms with Gasteiger partial charge >= 0.3 is 5.97 Å². The van der Waals surface area contributed by atoms with Crippen LogP contribution < -0.4 is 0 Å². The van der Waals surface area contributed by atoms with Crippen molar-refractivity contribution < 1.29 is 9.53 Å². The second kappa shape index (κ2) is 8.05. The number of benzene rings is 2. The molecule has 0 spiro atoms. The van der Waals surface area contributed by atoms with Gasteiger partial charge in [0.2, 0.25) is 0 Å². The molecule has 25 heavy (non-hydrogen) atoms. The lowest BCUT2D eigenvalue weighted by molar-refractivity contribution is 0.0532. The highest BCUT2D eigenvalue weighted by Crippen LogP contribution is 2.32. The molecule has 0 atom stereocenters. The third kappa shape index (κ3) is 3.95. The van der Waals surface area contributed by atoms with Gasteiger partial charge < -0.3 is 4.74 Å². The molecule has 0 bridgehead atoms. The Hall–Kier alpha value is -2.50. The van der Waals surface area contributed by atoms with Gasteiger partial charge in [0.05, 0.1) is 12.3 Å². The molecule has 3 aromatic rings. The van der Waals surface area contributed by atoms with Gasteiger partial charge in [0.1, 0.15) is 5.02 Å². The van der Waals surface area contributed by atoms with Gasteiger partial charge in [0.25, 0.3) is 0 Å². The molecule has 2 aromatic carbocycles. The highest BCUT2D eigenvalue weighted by atomic mass is 35.5. The summed E-state index contributed by atoms with van der Waals surface area (Å²) in [5, 5.41) is 0.216. The lowest BCUT2D eigenvalue weighted by Gasteiger charge is -2.06. The fourth-order valence-electron chi connectivity index (χ4n) is 2.26. The monoisotopic (exact) mass is 370 g/mol. The number of aliphatic imine (C=N–C) groups is 1. The van der Waals surface area contributed by atoms with E-state index in [0.717, 1.165) is 28.4 Å². The largest absolute Gasteiger partial charge is 0.462 e. The van der Waals surface area contributed by atoms with E-state index in [4.69, 9.17) is 16.3 Å². The summed E-state index contributed by atoms with van der Waals surface area (Å²) in [6, 6.07) is 19.6. The number of rotatable bonds is 5. The Morgan fingerprint density at radius 3 is 2.16 bits per heavy atom. The van der Waals surface area contributed by atoms with Crippen molar-refractivity contribution in [3.8, 4) is 0 Å². The Kier molecular flexibility index (Phi) is 5.58. The molecule has 6 heteroatoms. The predicted octanol–water partition coefficient (Wildman–Crippen LogP) is 5.14. The van der Waals surface area contributed by atoms with Crippen molar-refractivity contribution in [2.75, 3.05) is 6.61 Å². The summed E-state index contributed by atoms with van der Waals surface area (Å²) in [7, 11) is 0. The summed E-state index contributed by atoms with van der Waals surface area (Å²) in [6.45, 7) is 2.03. The second-order valence-electron chi connectivity index (χ2n) is 5.06. The summed E-state index contributed by atoms with van der Waals surface area (Å²) in [4.78, 5) is 16.8. The fraction of sp³-hybridized carbons (Fsp3) is 0.105. The molecule has 0 aliphatic heterocycles. The maximum absolute atomic E-state index is 11.9. The van der Waals surface area contributed by atoms with Crippen LogP contribution in [-0.4, -0.2) is 22.7 Å². The van der Waals surface area contributed by atoms with Crippen molar-refractivity contribution in [1.29, 1.82) is 0 Å². The molecule has 0 fully saturated rings. The maximum Gasteiger partial charge on any atom is 0.351 e. The van der Waals surface area contributed by atoms with Crippen LogP contribution in [-0.2, 0) is 4.74 Å². The predicted molar refractivity (Wildman–Crippen MR) is 101 cm³/mol. The molecule has 4 nitrogen and oxygen atoms in total. The van der Waals surface area contributed by atoms with E-state index in [1.54, 1.807) is 6.92 Å². The molecule has 126 valence electrons. The maximum atomic E-state index is 11.9. The van der Waals surface area contributed by atoms with Gasteiger partial charge in [-0.25, -0.2) is 9.79 Å². The SMILES string of the molecule is CCOC(=O)c1snc(N=C(c2ccccc2)c2ccccc2)c1Cl. The van der Waals surface area contributed by atoms with Gasteiger partial charge in [-0.1, -0.05) is 72.3 Å². The average Bonchev–Trinajstić information content (AvgIpc) is 3.02. The van der Waals surface area contributed by atoms with Gasteiger partial charge in [-0.15, -0.1) is 0 Å². The minimum atomic E-state index is -0.479. The topological polar surface area (TPSA) is 51.5 Å². The minimum Gasteiger partial charge on any atom is -0.462 e. The number of hydrogen-bond acceptors (Lipinski definition) is 5. The van der Waals surface area contributed by atoms with Crippen LogP contribution in [0.2, 0.25) is 5.02 Å². The van der Waals surface area contributed by atoms with Crippen LogP contribution in [0.4, 0.5) is 5.82 Å². The van der Waals surface area contributed by atoms with Crippen molar-refractivity contribution in [3.05, 3.63) is 81.7 Å². The molecule has 0 aliphatic rings. The summed E-state index contributed by atoms with van der Waals surface area (Å²) >= 11 is 7.31. The number of nitrogens with zero attached hydrogens (tertiary/aromatic N) is 2. The smallest absolute Gasteiger partial charge is 0.351 e. The molecule has 0 aliphatic carbocycles. The van der Waals surface area contributed by atoms with E-state index >= 15 is 0 Å². The van der Waals surface area contributed by atoms with Gasteiger partial charge in [0.15, 0.2) is 10.7 Å². The number of carbonyl (C=O) groups is 1. The van der Waals surface area contributed by atoms with Crippen LogP contribution in [0.3, 0.4) is 0 Å². The minimum absolute atomic E-state index is 0.216. The molecule has 3 rings (SSSR count). The molecule has 0 amide bonds. The van der Waals surface area contributed by atoms with Gasteiger partial charge in [0, 0.05) is 11.1 Å².